The minimum atomic E-state index is -0.785. The molecule has 0 aliphatic rings. The van der Waals surface area contributed by atoms with Crippen LogP contribution in [0.1, 0.15) is 342 Å². The molecular formula is C71H126O6. The van der Waals surface area contributed by atoms with Crippen LogP contribution in [0.25, 0.3) is 0 Å². The Balaban J connectivity index is 4.39. The third-order valence-corrected chi connectivity index (χ3v) is 14.7. The lowest BCUT2D eigenvalue weighted by molar-refractivity contribution is -0.167. The van der Waals surface area contributed by atoms with Crippen molar-refractivity contribution in [2.24, 2.45) is 0 Å². The smallest absolute Gasteiger partial charge is 0.306 e. The Morgan fingerprint density at radius 3 is 0.792 bits per heavy atom. The van der Waals surface area contributed by atoms with E-state index in [2.05, 4.69) is 93.7 Å². The quantitative estimate of drug-likeness (QED) is 0.0261. The van der Waals surface area contributed by atoms with Crippen LogP contribution in [-0.2, 0) is 28.6 Å². The second kappa shape index (κ2) is 65.4. The first-order valence-corrected chi connectivity index (χ1v) is 33.4. The lowest BCUT2D eigenvalue weighted by atomic mass is 10.0. The van der Waals surface area contributed by atoms with Gasteiger partial charge in [-0.2, -0.15) is 0 Å². The van der Waals surface area contributed by atoms with Crippen molar-refractivity contribution in [1.82, 2.24) is 0 Å². The summed E-state index contributed by atoms with van der Waals surface area (Å²) in [7, 11) is 0. The molecule has 446 valence electrons. The maximum absolute atomic E-state index is 12.9. The molecule has 0 saturated carbocycles. The monoisotopic (exact) mass is 1070 g/mol. The summed E-state index contributed by atoms with van der Waals surface area (Å²) in [5.41, 5.74) is 0. The van der Waals surface area contributed by atoms with Gasteiger partial charge in [-0.1, -0.05) is 325 Å². The summed E-state index contributed by atoms with van der Waals surface area (Å²) >= 11 is 0. The predicted octanol–water partition coefficient (Wildman–Crippen LogP) is 22.9. The zero-order valence-electron chi connectivity index (χ0n) is 51.2. The highest BCUT2D eigenvalue weighted by Crippen LogP contribution is 2.18. The molecule has 6 nitrogen and oxygen atoms in total. The van der Waals surface area contributed by atoms with Crippen molar-refractivity contribution in [2.75, 3.05) is 13.2 Å². The molecule has 1 atom stereocenters. The maximum Gasteiger partial charge on any atom is 0.306 e. The van der Waals surface area contributed by atoms with Crippen LogP contribution in [0, 0.1) is 0 Å². The fourth-order valence-corrected chi connectivity index (χ4v) is 9.74. The molecule has 0 aliphatic heterocycles. The first-order valence-electron chi connectivity index (χ1n) is 33.4. The van der Waals surface area contributed by atoms with Gasteiger partial charge in [0.2, 0.25) is 0 Å². The third kappa shape index (κ3) is 63.6. The Kier molecular flexibility index (Phi) is 62.7. The van der Waals surface area contributed by atoms with E-state index >= 15 is 0 Å². The van der Waals surface area contributed by atoms with Crippen molar-refractivity contribution >= 4 is 17.9 Å². The predicted molar refractivity (Wildman–Crippen MR) is 335 cm³/mol. The highest BCUT2D eigenvalue weighted by Gasteiger charge is 2.19. The minimum Gasteiger partial charge on any atom is -0.462 e. The Labute approximate surface area is 478 Å². The van der Waals surface area contributed by atoms with Gasteiger partial charge >= 0.3 is 17.9 Å². The molecule has 6 heteroatoms. The number of unbranched alkanes of at least 4 members (excludes halogenated alkanes) is 38. The fourth-order valence-electron chi connectivity index (χ4n) is 9.74. The number of hydrogen-bond donors (Lipinski definition) is 0. The molecule has 0 aromatic rings. The first kappa shape index (κ1) is 73.8. The molecule has 1 unspecified atom stereocenters. The number of esters is 3. The molecule has 0 rings (SSSR count). The summed E-state index contributed by atoms with van der Waals surface area (Å²) in [6, 6.07) is 0. The van der Waals surface area contributed by atoms with E-state index in [1.807, 2.05) is 0 Å². The van der Waals surface area contributed by atoms with Crippen LogP contribution in [0.5, 0.6) is 0 Å². The van der Waals surface area contributed by atoms with Gasteiger partial charge in [0, 0.05) is 19.3 Å². The summed E-state index contributed by atoms with van der Waals surface area (Å²) in [6.45, 7) is 6.56. The van der Waals surface area contributed by atoms with E-state index < -0.39 is 6.10 Å². The van der Waals surface area contributed by atoms with Crippen LogP contribution in [0.15, 0.2) is 72.9 Å². The van der Waals surface area contributed by atoms with Gasteiger partial charge in [0.25, 0.3) is 0 Å². The van der Waals surface area contributed by atoms with Crippen LogP contribution in [0.3, 0.4) is 0 Å². The van der Waals surface area contributed by atoms with E-state index in [0.717, 1.165) is 109 Å². The number of carbonyl (C=O) groups is 3. The van der Waals surface area contributed by atoms with Crippen molar-refractivity contribution in [1.29, 1.82) is 0 Å². The molecule has 0 bridgehead atoms. The molecule has 0 aromatic heterocycles. The Bertz CT molecular complexity index is 1420. The molecule has 0 aliphatic carbocycles. The summed E-state index contributed by atoms with van der Waals surface area (Å²) in [4.78, 5) is 38.4. The van der Waals surface area contributed by atoms with E-state index in [0.29, 0.717) is 19.3 Å². The van der Waals surface area contributed by atoms with E-state index in [-0.39, 0.29) is 31.1 Å². The van der Waals surface area contributed by atoms with Crippen LogP contribution in [-0.4, -0.2) is 37.2 Å². The zero-order chi connectivity index (χ0) is 55.7. The number of hydrogen-bond acceptors (Lipinski definition) is 6. The highest BCUT2D eigenvalue weighted by molar-refractivity contribution is 5.71. The molecule has 0 spiro atoms. The fraction of sp³-hybridized carbons (Fsp3) is 0.789. The van der Waals surface area contributed by atoms with Gasteiger partial charge in [0.1, 0.15) is 13.2 Å². The Hall–Kier alpha value is -3.15. The van der Waals surface area contributed by atoms with Gasteiger partial charge in [0.15, 0.2) is 6.10 Å². The minimum absolute atomic E-state index is 0.0788. The van der Waals surface area contributed by atoms with Gasteiger partial charge in [-0.15, -0.1) is 0 Å². The van der Waals surface area contributed by atoms with E-state index in [1.165, 1.54) is 193 Å². The summed E-state index contributed by atoms with van der Waals surface area (Å²) in [6.07, 6.45) is 84.8. The largest absolute Gasteiger partial charge is 0.462 e. The van der Waals surface area contributed by atoms with Gasteiger partial charge in [-0.3, -0.25) is 14.4 Å². The average molecular weight is 1080 g/mol. The van der Waals surface area contributed by atoms with Gasteiger partial charge in [-0.05, 0) is 70.6 Å². The topological polar surface area (TPSA) is 78.9 Å². The SMILES string of the molecule is CC/C=C\C/C=C\C/C=C\C/C=C\C/C=C\C/C=C\CCCCCCC(=O)OCC(COC(=O)CCCCCCCCCCCCCCCCCC)OC(=O)CCCCCCCCCCCCCCCCCCCCCC. The van der Waals surface area contributed by atoms with E-state index in [4.69, 9.17) is 14.2 Å². The lowest BCUT2D eigenvalue weighted by Crippen LogP contribution is -2.30. The number of rotatable bonds is 61. The van der Waals surface area contributed by atoms with Crippen molar-refractivity contribution in [3.8, 4) is 0 Å². The first-order chi connectivity index (χ1) is 38.0. The summed E-state index contributed by atoms with van der Waals surface area (Å²) in [5, 5.41) is 0. The van der Waals surface area contributed by atoms with Crippen LogP contribution >= 0.6 is 0 Å². The normalized spacial score (nSPS) is 12.5. The Morgan fingerprint density at radius 1 is 0.273 bits per heavy atom. The molecule has 0 aromatic carbocycles. The molecular weight excluding hydrogens is 949 g/mol. The van der Waals surface area contributed by atoms with E-state index in [9.17, 15) is 14.4 Å². The maximum atomic E-state index is 12.9. The lowest BCUT2D eigenvalue weighted by Gasteiger charge is -2.18. The van der Waals surface area contributed by atoms with Crippen molar-refractivity contribution < 1.29 is 28.6 Å². The van der Waals surface area contributed by atoms with Crippen molar-refractivity contribution in [2.45, 2.75) is 348 Å². The van der Waals surface area contributed by atoms with Crippen LogP contribution < -0.4 is 0 Å². The molecule has 0 radical (unpaired) electrons. The summed E-state index contributed by atoms with van der Waals surface area (Å²) < 4.78 is 17.0. The van der Waals surface area contributed by atoms with Crippen LogP contribution in [0.2, 0.25) is 0 Å². The Morgan fingerprint density at radius 2 is 0.506 bits per heavy atom. The standard InChI is InChI=1S/C71H126O6/c1-4-7-10-13-16-19-22-25-28-31-33-35-36-37-39-40-43-46-49-52-55-58-61-64-70(73)76-67-68(66-75-69(72)63-60-57-54-51-48-45-42-30-27-24-21-18-15-12-9-6-3)77-71(74)65-62-59-56-53-50-47-44-41-38-34-32-29-26-23-20-17-14-11-8-5-2/h7,10,16,19,25,28,33,35,37,39,43,46,68H,4-6,8-9,11-15,17-18,20-24,26-27,29-32,34,36,38,40-42,44-45,47-67H2,1-3H3/b10-7-,19-16-,28-25-,35-33-,39-37-,46-43-. The third-order valence-electron chi connectivity index (χ3n) is 14.7. The van der Waals surface area contributed by atoms with Gasteiger partial charge in [-0.25, -0.2) is 0 Å². The van der Waals surface area contributed by atoms with Gasteiger partial charge in [0.05, 0.1) is 0 Å². The zero-order valence-corrected chi connectivity index (χ0v) is 51.2. The molecule has 77 heavy (non-hydrogen) atoms. The van der Waals surface area contributed by atoms with Crippen molar-refractivity contribution in [3.63, 3.8) is 0 Å². The number of ether oxygens (including phenoxy) is 3. The second-order valence-electron chi connectivity index (χ2n) is 22.4. The molecule has 0 amide bonds. The number of carbonyl (C=O) groups excluding carboxylic acids is 3. The highest BCUT2D eigenvalue weighted by atomic mass is 16.6. The van der Waals surface area contributed by atoms with Gasteiger partial charge < -0.3 is 14.2 Å². The molecule has 0 N–H and O–H groups in total. The van der Waals surface area contributed by atoms with Crippen molar-refractivity contribution in [3.05, 3.63) is 72.9 Å². The summed E-state index contributed by atoms with van der Waals surface area (Å²) in [5.74, 6) is -0.883. The van der Waals surface area contributed by atoms with E-state index in [1.54, 1.807) is 0 Å². The van der Waals surface area contributed by atoms with Crippen LogP contribution in [0.4, 0.5) is 0 Å². The number of allylic oxidation sites excluding steroid dienone is 12. The molecule has 0 heterocycles. The molecule has 0 fully saturated rings. The second-order valence-corrected chi connectivity index (χ2v) is 22.4. The average Bonchev–Trinajstić information content (AvgIpc) is 3.43. The molecule has 0 saturated heterocycles.